The highest BCUT2D eigenvalue weighted by Crippen LogP contribution is 2.43. The molecule has 0 fully saturated rings. The summed E-state index contributed by atoms with van der Waals surface area (Å²) in [7, 11) is 0. The lowest BCUT2D eigenvalue weighted by Gasteiger charge is -2.20. The molecule has 0 unspecified atom stereocenters. The maximum atomic E-state index is 10.6. The molecule has 0 saturated carbocycles. The Morgan fingerprint density at radius 1 is 0.396 bits per heavy atom. The van der Waals surface area contributed by atoms with Crippen LogP contribution in [-0.2, 0) is 0 Å². The second kappa shape index (κ2) is 10.9. The Morgan fingerprint density at radius 3 is 1.67 bits per heavy atom. The first kappa shape index (κ1) is 27.4. The maximum Gasteiger partial charge on any atom is 0.101 e. The fourth-order valence-corrected chi connectivity index (χ4v) is 7.31. The van der Waals surface area contributed by atoms with Crippen molar-refractivity contribution in [3.05, 3.63) is 169 Å². The summed E-state index contributed by atoms with van der Waals surface area (Å²) in [5.41, 5.74) is 11.3. The number of nitrogens with zero attached hydrogens (tertiary/aromatic N) is 4. The highest BCUT2D eigenvalue weighted by Gasteiger charge is 2.23. The molecule has 48 heavy (non-hydrogen) atoms. The van der Waals surface area contributed by atoms with Gasteiger partial charge in [-0.05, 0) is 59.7 Å². The highest BCUT2D eigenvalue weighted by atomic mass is 15.0. The summed E-state index contributed by atoms with van der Waals surface area (Å²) >= 11 is 0. The van der Waals surface area contributed by atoms with E-state index in [1.807, 2.05) is 48.5 Å². The normalized spacial score (nSPS) is 11.3. The smallest absolute Gasteiger partial charge is 0.101 e. The van der Waals surface area contributed by atoms with Crippen molar-refractivity contribution in [2.24, 2.45) is 0 Å². The molecule has 9 aromatic rings. The first-order valence-corrected chi connectivity index (χ1v) is 15.9. The molecule has 2 heterocycles. The molecule has 0 amide bonds. The minimum atomic E-state index is 0.569. The Balaban J connectivity index is 1.43. The van der Waals surface area contributed by atoms with Gasteiger partial charge in [-0.3, -0.25) is 0 Å². The van der Waals surface area contributed by atoms with Crippen LogP contribution in [0.2, 0.25) is 0 Å². The Kier molecular flexibility index (Phi) is 6.22. The lowest BCUT2D eigenvalue weighted by molar-refractivity contribution is 1.15. The van der Waals surface area contributed by atoms with Gasteiger partial charge in [0.2, 0.25) is 0 Å². The van der Waals surface area contributed by atoms with E-state index in [1.165, 1.54) is 10.8 Å². The van der Waals surface area contributed by atoms with E-state index in [2.05, 4.69) is 130 Å². The Bertz CT molecular complexity index is 2750. The average Bonchev–Trinajstić information content (AvgIpc) is 3.67. The number of hydrogen-bond acceptors (Lipinski definition) is 2. The fraction of sp³-hybridized carbons (Fsp3) is 0. The molecule has 0 bridgehead atoms. The fourth-order valence-electron chi connectivity index (χ4n) is 7.31. The Labute approximate surface area is 277 Å². The monoisotopic (exact) mass is 610 g/mol. The van der Waals surface area contributed by atoms with Crippen molar-refractivity contribution in [3.63, 3.8) is 0 Å². The lowest BCUT2D eigenvalue weighted by Crippen LogP contribution is -2.04. The number of rotatable bonds is 4. The van der Waals surface area contributed by atoms with Gasteiger partial charge in [-0.2, -0.15) is 10.5 Å². The van der Waals surface area contributed by atoms with E-state index >= 15 is 0 Å². The SMILES string of the molecule is N#Cc1ccc2c(c1)c1ccccc1n2-c1c(C#N)cccc1-c1ccc(-c2ccccc2)cc1-n1c2ccccc2c2ccccc21. The van der Waals surface area contributed by atoms with E-state index in [4.69, 9.17) is 0 Å². The first-order chi connectivity index (χ1) is 23.7. The van der Waals surface area contributed by atoms with E-state index in [0.717, 1.165) is 66.5 Å². The van der Waals surface area contributed by atoms with Crippen LogP contribution >= 0.6 is 0 Å². The average molecular weight is 611 g/mol. The van der Waals surface area contributed by atoms with Crippen molar-refractivity contribution in [1.29, 1.82) is 10.5 Å². The first-order valence-electron chi connectivity index (χ1n) is 15.9. The van der Waals surface area contributed by atoms with Gasteiger partial charge in [0.1, 0.15) is 6.07 Å². The number of benzene rings is 7. The standard InChI is InChI=1S/C44H26N4/c45-27-29-21-24-42-38(25-29)35-16-6-9-20-41(35)48(42)44-32(28-46)13-10-17-37(44)36-23-22-31(30-11-2-1-3-12-30)26-43(36)47-39-18-7-4-14-33(39)34-15-5-8-19-40(34)47/h1-26H. The minimum absolute atomic E-state index is 0.569. The van der Waals surface area contributed by atoms with E-state index in [9.17, 15) is 10.5 Å². The van der Waals surface area contributed by atoms with Crippen LogP contribution in [0, 0.1) is 22.7 Å². The lowest BCUT2D eigenvalue weighted by atomic mass is 9.95. The predicted molar refractivity (Wildman–Crippen MR) is 195 cm³/mol. The van der Waals surface area contributed by atoms with Gasteiger partial charge < -0.3 is 9.13 Å². The molecule has 0 aliphatic carbocycles. The van der Waals surface area contributed by atoms with Gasteiger partial charge in [0.25, 0.3) is 0 Å². The molecule has 4 heteroatoms. The molecule has 9 rings (SSSR count). The largest absolute Gasteiger partial charge is 0.309 e. The molecule has 0 radical (unpaired) electrons. The van der Waals surface area contributed by atoms with Crippen molar-refractivity contribution in [2.75, 3.05) is 0 Å². The van der Waals surface area contributed by atoms with Crippen molar-refractivity contribution in [3.8, 4) is 45.8 Å². The summed E-state index contributed by atoms with van der Waals surface area (Å²) in [6, 6.07) is 59.0. The molecule has 222 valence electrons. The van der Waals surface area contributed by atoms with Crippen LogP contribution in [0.25, 0.3) is 77.2 Å². The van der Waals surface area contributed by atoms with Crippen molar-refractivity contribution in [1.82, 2.24) is 9.13 Å². The van der Waals surface area contributed by atoms with Gasteiger partial charge in [0.15, 0.2) is 0 Å². The van der Waals surface area contributed by atoms with Crippen LogP contribution in [0.5, 0.6) is 0 Å². The summed E-state index contributed by atoms with van der Waals surface area (Å²) in [6.07, 6.45) is 0. The van der Waals surface area contributed by atoms with Gasteiger partial charge in [-0.25, -0.2) is 0 Å². The molecular formula is C44H26N4. The quantitative estimate of drug-likeness (QED) is 0.199. The molecule has 0 atom stereocenters. The van der Waals surface area contributed by atoms with Gasteiger partial charge in [0, 0.05) is 32.7 Å². The summed E-state index contributed by atoms with van der Waals surface area (Å²) < 4.78 is 4.56. The maximum absolute atomic E-state index is 10.6. The number of fused-ring (bicyclic) bond motifs is 6. The van der Waals surface area contributed by atoms with Crippen LogP contribution in [0.3, 0.4) is 0 Å². The van der Waals surface area contributed by atoms with Crippen LogP contribution in [-0.4, -0.2) is 9.13 Å². The van der Waals surface area contributed by atoms with Crippen LogP contribution in [0.1, 0.15) is 11.1 Å². The van der Waals surface area contributed by atoms with Crippen molar-refractivity contribution < 1.29 is 0 Å². The third-order valence-corrected chi connectivity index (χ3v) is 9.40. The van der Waals surface area contributed by atoms with E-state index in [-0.39, 0.29) is 0 Å². The molecule has 0 aliphatic rings. The van der Waals surface area contributed by atoms with Crippen LogP contribution in [0.4, 0.5) is 0 Å². The second-order valence-corrected chi connectivity index (χ2v) is 12.0. The van der Waals surface area contributed by atoms with E-state index < -0.39 is 0 Å². The van der Waals surface area contributed by atoms with Gasteiger partial charge in [0.05, 0.1) is 50.6 Å². The number of para-hydroxylation sites is 4. The molecule has 0 aliphatic heterocycles. The minimum Gasteiger partial charge on any atom is -0.309 e. The van der Waals surface area contributed by atoms with Gasteiger partial charge in [-0.15, -0.1) is 0 Å². The van der Waals surface area contributed by atoms with E-state index in [1.54, 1.807) is 0 Å². The molecular weight excluding hydrogens is 585 g/mol. The molecule has 0 spiro atoms. The zero-order valence-corrected chi connectivity index (χ0v) is 25.8. The number of aromatic nitrogens is 2. The van der Waals surface area contributed by atoms with Gasteiger partial charge in [-0.1, -0.05) is 109 Å². The summed E-state index contributed by atoms with van der Waals surface area (Å²) in [6.45, 7) is 0. The number of hydrogen-bond donors (Lipinski definition) is 0. The van der Waals surface area contributed by atoms with Crippen LogP contribution in [0.15, 0.2) is 158 Å². The molecule has 7 aromatic carbocycles. The molecule has 4 nitrogen and oxygen atoms in total. The molecule has 2 aromatic heterocycles. The summed E-state index contributed by atoms with van der Waals surface area (Å²) in [5, 5.41) is 24.8. The second-order valence-electron chi connectivity index (χ2n) is 12.0. The van der Waals surface area contributed by atoms with Crippen molar-refractivity contribution in [2.45, 2.75) is 0 Å². The highest BCUT2D eigenvalue weighted by molar-refractivity contribution is 6.12. The topological polar surface area (TPSA) is 57.4 Å². The molecule has 0 saturated heterocycles. The third-order valence-electron chi connectivity index (χ3n) is 9.40. The molecule has 0 N–H and O–H groups in total. The predicted octanol–water partition coefficient (Wildman–Crippen LogP) is 11.0. The van der Waals surface area contributed by atoms with Crippen LogP contribution < -0.4 is 0 Å². The number of nitriles is 2. The van der Waals surface area contributed by atoms with Crippen molar-refractivity contribution >= 4 is 43.6 Å². The Hall–Kier alpha value is -6.88. The summed E-state index contributed by atoms with van der Waals surface area (Å²) in [4.78, 5) is 0. The van der Waals surface area contributed by atoms with E-state index in [0.29, 0.717) is 11.1 Å². The zero-order valence-electron chi connectivity index (χ0n) is 25.8. The zero-order chi connectivity index (χ0) is 32.2. The summed E-state index contributed by atoms with van der Waals surface area (Å²) in [5.74, 6) is 0. The third kappa shape index (κ3) is 4.07. The Morgan fingerprint density at radius 2 is 1.00 bits per heavy atom. The van der Waals surface area contributed by atoms with Gasteiger partial charge >= 0.3 is 0 Å².